The Morgan fingerprint density at radius 3 is 2.73 bits per heavy atom. The van der Waals surface area contributed by atoms with Crippen molar-refractivity contribution in [1.29, 1.82) is 0 Å². The Bertz CT molecular complexity index is 208. The maximum absolute atomic E-state index is 10.9. The summed E-state index contributed by atoms with van der Waals surface area (Å²) in [6, 6.07) is 0. The Balaban J connectivity index is 2.74. The minimum atomic E-state index is -0.267. The lowest BCUT2D eigenvalue weighted by atomic mass is 9.91. The summed E-state index contributed by atoms with van der Waals surface area (Å²) in [5.41, 5.74) is 0.287. The van der Waals surface area contributed by atoms with Crippen LogP contribution < -0.4 is 5.32 Å². The molecule has 1 aliphatic rings. The average Bonchev–Trinajstić information content (AvgIpc) is 1.83. The molecule has 0 spiro atoms. The summed E-state index contributed by atoms with van der Waals surface area (Å²) >= 11 is 0. The number of nitrogens with zero attached hydrogens (tertiary/aromatic N) is 1. The Kier molecular flexibility index (Phi) is 1.85. The van der Waals surface area contributed by atoms with Gasteiger partial charge in [-0.3, -0.25) is 4.79 Å². The van der Waals surface area contributed by atoms with Crippen molar-refractivity contribution in [3.8, 4) is 0 Å². The molecule has 1 amide bonds. The van der Waals surface area contributed by atoms with Crippen LogP contribution in [0.5, 0.6) is 0 Å². The second-order valence-electron chi connectivity index (χ2n) is 3.45. The van der Waals surface area contributed by atoms with Crippen molar-refractivity contribution in [3.63, 3.8) is 0 Å². The third-order valence-corrected chi connectivity index (χ3v) is 1.63. The summed E-state index contributed by atoms with van der Waals surface area (Å²) in [6.07, 6.45) is 0.842. The van der Waals surface area contributed by atoms with E-state index in [-0.39, 0.29) is 17.9 Å². The first-order chi connectivity index (χ1) is 5.03. The van der Waals surface area contributed by atoms with Crippen LogP contribution in [0, 0.1) is 0 Å². The van der Waals surface area contributed by atoms with Gasteiger partial charge in [0.25, 0.3) is 0 Å². The molecule has 1 rings (SSSR count). The quantitative estimate of drug-likeness (QED) is 0.396. The highest BCUT2D eigenvalue weighted by molar-refractivity contribution is 6.03. The molecule has 0 aromatic heterocycles. The van der Waals surface area contributed by atoms with Crippen molar-refractivity contribution in [3.05, 3.63) is 0 Å². The molecule has 1 aliphatic heterocycles. The van der Waals surface area contributed by atoms with Gasteiger partial charge in [0, 0.05) is 12.0 Å². The predicted octanol–water partition coefficient (Wildman–Crippen LogP) is 0.505. The van der Waals surface area contributed by atoms with E-state index in [0.29, 0.717) is 12.1 Å². The zero-order valence-corrected chi connectivity index (χ0v) is 6.72. The van der Waals surface area contributed by atoms with Crippen molar-refractivity contribution >= 4 is 11.6 Å². The van der Waals surface area contributed by atoms with E-state index in [0.717, 1.165) is 0 Å². The molecule has 1 saturated heterocycles. The van der Waals surface area contributed by atoms with Crippen LogP contribution in [0.1, 0.15) is 26.7 Å². The number of carbonyl (C=O) groups excluding carboxylic acids is 1. The number of rotatable bonds is 0. The lowest BCUT2D eigenvalue weighted by Crippen LogP contribution is -2.50. The minimum absolute atomic E-state index is 0.0750. The van der Waals surface area contributed by atoms with Gasteiger partial charge in [-0.2, -0.15) is 0 Å². The van der Waals surface area contributed by atoms with Gasteiger partial charge in [-0.1, -0.05) is 5.16 Å². The average molecular weight is 156 g/mol. The van der Waals surface area contributed by atoms with Gasteiger partial charge in [0.05, 0.1) is 12.1 Å². The highest BCUT2D eigenvalue weighted by atomic mass is 16.4. The molecule has 0 bridgehead atoms. The van der Waals surface area contributed by atoms with Crippen LogP contribution in [0.2, 0.25) is 0 Å². The van der Waals surface area contributed by atoms with Gasteiger partial charge in [-0.25, -0.2) is 0 Å². The summed E-state index contributed by atoms with van der Waals surface area (Å²) in [4.78, 5) is 10.9. The number of nitrogens with one attached hydrogen (secondary N) is 1. The van der Waals surface area contributed by atoms with Gasteiger partial charge in [-0.15, -0.1) is 0 Å². The summed E-state index contributed by atoms with van der Waals surface area (Å²) < 4.78 is 0. The molecule has 11 heavy (non-hydrogen) atoms. The third kappa shape index (κ3) is 1.93. The molecule has 0 radical (unpaired) electrons. The molecule has 0 aromatic carbocycles. The first kappa shape index (κ1) is 8.04. The molecule has 4 nitrogen and oxygen atoms in total. The van der Waals surface area contributed by atoms with Crippen molar-refractivity contribution in [2.75, 3.05) is 0 Å². The van der Waals surface area contributed by atoms with Gasteiger partial charge in [0.15, 0.2) is 0 Å². The molecular formula is C7H12N2O2. The molecule has 1 heterocycles. The van der Waals surface area contributed by atoms with Crippen LogP contribution >= 0.6 is 0 Å². The molecule has 62 valence electrons. The lowest BCUT2D eigenvalue weighted by molar-refractivity contribution is -0.122. The molecule has 0 atom stereocenters. The van der Waals surface area contributed by atoms with Crippen molar-refractivity contribution in [1.82, 2.24) is 5.32 Å². The smallest absolute Gasteiger partial charge is 0.226 e. The van der Waals surface area contributed by atoms with Gasteiger partial charge >= 0.3 is 0 Å². The SMILES string of the molecule is CC1(C)CC(=NO)CC(=O)N1. The number of hydrogen-bond donors (Lipinski definition) is 2. The van der Waals surface area contributed by atoms with E-state index in [1.807, 2.05) is 13.8 Å². The Labute approximate surface area is 65.3 Å². The highest BCUT2D eigenvalue weighted by Gasteiger charge is 2.29. The molecule has 0 aromatic rings. The number of amides is 1. The zero-order valence-electron chi connectivity index (χ0n) is 6.72. The van der Waals surface area contributed by atoms with Crippen LogP contribution in [0.15, 0.2) is 5.16 Å². The lowest BCUT2D eigenvalue weighted by Gasteiger charge is -2.30. The topological polar surface area (TPSA) is 61.7 Å². The Hall–Kier alpha value is -1.06. The number of oxime groups is 1. The van der Waals surface area contributed by atoms with E-state index in [1.165, 1.54) is 0 Å². The molecule has 1 fully saturated rings. The van der Waals surface area contributed by atoms with Crippen molar-refractivity contribution in [2.24, 2.45) is 5.16 Å². The minimum Gasteiger partial charge on any atom is -0.411 e. The van der Waals surface area contributed by atoms with E-state index < -0.39 is 0 Å². The first-order valence-corrected chi connectivity index (χ1v) is 3.54. The fourth-order valence-corrected chi connectivity index (χ4v) is 1.29. The predicted molar refractivity (Wildman–Crippen MR) is 40.7 cm³/mol. The maximum Gasteiger partial charge on any atom is 0.226 e. The van der Waals surface area contributed by atoms with Crippen molar-refractivity contribution < 1.29 is 10.0 Å². The second-order valence-corrected chi connectivity index (χ2v) is 3.45. The Morgan fingerprint density at radius 2 is 2.27 bits per heavy atom. The second kappa shape index (κ2) is 2.53. The standard InChI is InChI=1S/C7H12N2O2/c1-7(2)4-5(9-11)3-6(10)8-7/h11H,3-4H2,1-2H3,(H,8,10). The van der Waals surface area contributed by atoms with Crippen LogP contribution in [0.25, 0.3) is 0 Å². The van der Waals surface area contributed by atoms with E-state index in [4.69, 9.17) is 5.21 Å². The van der Waals surface area contributed by atoms with Crippen LogP contribution in [0.4, 0.5) is 0 Å². The summed E-state index contributed by atoms with van der Waals surface area (Å²) in [6.45, 7) is 3.80. The molecule has 4 heteroatoms. The van der Waals surface area contributed by atoms with Crippen molar-refractivity contribution in [2.45, 2.75) is 32.2 Å². The Morgan fingerprint density at radius 1 is 1.64 bits per heavy atom. The normalized spacial score (nSPS) is 26.7. The van der Waals surface area contributed by atoms with Gasteiger partial charge in [-0.05, 0) is 13.8 Å². The molecule has 0 saturated carbocycles. The largest absolute Gasteiger partial charge is 0.411 e. The van der Waals surface area contributed by atoms with E-state index in [9.17, 15) is 4.79 Å². The number of piperidine rings is 1. The maximum atomic E-state index is 10.9. The molecule has 2 N–H and O–H groups in total. The van der Waals surface area contributed by atoms with Crippen LogP contribution in [-0.4, -0.2) is 22.4 Å². The van der Waals surface area contributed by atoms with Gasteiger partial charge in [0.2, 0.25) is 5.91 Å². The van der Waals surface area contributed by atoms with E-state index >= 15 is 0 Å². The van der Waals surface area contributed by atoms with E-state index in [1.54, 1.807) is 0 Å². The summed E-state index contributed by atoms with van der Waals surface area (Å²) in [7, 11) is 0. The summed E-state index contributed by atoms with van der Waals surface area (Å²) in [5, 5.41) is 14.3. The summed E-state index contributed by atoms with van der Waals surface area (Å²) in [5.74, 6) is -0.0750. The molecule has 0 aliphatic carbocycles. The highest BCUT2D eigenvalue weighted by Crippen LogP contribution is 2.16. The third-order valence-electron chi connectivity index (χ3n) is 1.63. The van der Waals surface area contributed by atoms with E-state index in [2.05, 4.69) is 10.5 Å². The van der Waals surface area contributed by atoms with Gasteiger partial charge in [0.1, 0.15) is 0 Å². The zero-order chi connectivity index (χ0) is 8.48. The first-order valence-electron chi connectivity index (χ1n) is 3.54. The fraction of sp³-hybridized carbons (Fsp3) is 0.714. The van der Waals surface area contributed by atoms with Crippen LogP contribution in [-0.2, 0) is 4.79 Å². The molecule has 0 unspecified atom stereocenters. The monoisotopic (exact) mass is 156 g/mol. The molecular weight excluding hydrogens is 144 g/mol. The fourth-order valence-electron chi connectivity index (χ4n) is 1.29. The van der Waals surface area contributed by atoms with Crippen LogP contribution in [0.3, 0.4) is 0 Å². The van der Waals surface area contributed by atoms with Gasteiger partial charge < -0.3 is 10.5 Å². The number of carbonyl (C=O) groups is 1. The number of hydrogen-bond acceptors (Lipinski definition) is 3.